The molecule has 4 heteroatoms. The maximum atomic E-state index is 14.2. The first-order valence-electron chi connectivity index (χ1n) is 6.55. The summed E-state index contributed by atoms with van der Waals surface area (Å²) in [7, 11) is 0. The van der Waals surface area contributed by atoms with E-state index in [1.807, 2.05) is 35.2 Å². The fraction of sp³-hybridized carbons (Fsp3) is 0.188. The minimum atomic E-state index is -0.360. The number of para-hydroxylation sites is 1. The van der Waals surface area contributed by atoms with Gasteiger partial charge in [-0.25, -0.2) is 4.39 Å². The second kappa shape index (κ2) is 5.32. The van der Waals surface area contributed by atoms with Crippen molar-refractivity contribution >= 4 is 11.4 Å². The van der Waals surface area contributed by atoms with Crippen LogP contribution in [0.15, 0.2) is 42.5 Å². The zero-order chi connectivity index (χ0) is 13.9. The lowest BCUT2D eigenvalue weighted by molar-refractivity contribution is 0.622. The van der Waals surface area contributed by atoms with Crippen LogP contribution in [-0.2, 0) is 6.54 Å². The SMILES string of the molecule is N#Cc1ccc(N2CCNCc3ccccc32)c(F)c1. The third kappa shape index (κ3) is 2.24. The van der Waals surface area contributed by atoms with E-state index in [2.05, 4.69) is 5.32 Å². The van der Waals surface area contributed by atoms with Gasteiger partial charge in [-0.3, -0.25) is 0 Å². The van der Waals surface area contributed by atoms with Gasteiger partial charge < -0.3 is 10.2 Å². The summed E-state index contributed by atoms with van der Waals surface area (Å²) in [5.41, 5.74) is 3.02. The molecular formula is C16H14FN3. The standard InChI is InChI=1S/C16H14FN3/c17-14-9-12(10-18)5-6-16(14)20-8-7-19-11-13-3-1-2-4-15(13)20/h1-6,9,19H,7-8,11H2. The average molecular weight is 267 g/mol. The molecule has 3 nitrogen and oxygen atoms in total. The van der Waals surface area contributed by atoms with Gasteiger partial charge in [0.25, 0.3) is 0 Å². The van der Waals surface area contributed by atoms with Crippen molar-refractivity contribution in [2.45, 2.75) is 6.54 Å². The molecule has 2 aromatic carbocycles. The summed E-state index contributed by atoms with van der Waals surface area (Å²) in [6.45, 7) is 2.26. The van der Waals surface area contributed by atoms with Crippen LogP contribution < -0.4 is 10.2 Å². The van der Waals surface area contributed by atoms with Crippen LogP contribution in [0.2, 0.25) is 0 Å². The molecule has 0 aliphatic carbocycles. The molecule has 1 N–H and O–H groups in total. The van der Waals surface area contributed by atoms with Gasteiger partial charge in [-0.2, -0.15) is 5.26 Å². The number of nitrogens with one attached hydrogen (secondary N) is 1. The molecule has 100 valence electrons. The van der Waals surface area contributed by atoms with Crippen LogP contribution in [0, 0.1) is 17.1 Å². The zero-order valence-electron chi connectivity index (χ0n) is 10.9. The molecule has 0 unspecified atom stereocenters. The van der Waals surface area contributed by atoms with Gasteiger partial charge in [0, 0.05) is 25.3 Å². The van der Waals surface area contributed by atoms with Crippen LogP contribution >= 0.6 is 0 Å². The highest BCUT2D eigenvalue weighted by atomic mass is 19.1. The van der Waals surface area contributed by atoms with Crippen molar-refractivity contribution in [1.82, 2.24) is 5.32 Å². The Morgan fingerprint density at radius 1 is 1.15 bits per heavy atom. The normalized spacial score (nSPS) is 14.3. The lowest BCUT2D eigenvalue weighted by atomic mass is 10.1. The Hall–Kier alpha value is -2.38. The highest BCUT2D eigenvalue weighted by molar-refractivity contribution is 5.68. The molecule has 1 aliphatic heterocycles. The van der Waals surface area contributed by atoms with Gasteiger partial charge >= 0.3 is 0 Å². The zero-order valence-corrected chi connectivity index (χ0v) is 10.9. The summed E-state index contributed by atoms with van der Waals surface area (Å²) in [6.07, 6.45) is 0. The maximum Gasteiger partial charge on any atom is 0.148 e. The van der Waals surface area contributed by atoms with Gasteiger partial charge in [0.05, 0.1) is 17.3 Å². The second-order valence-electron chi connectivity index (χ2n) is 4.74. The third-order valence-corrected chi connectivity index (χ3v) is 3.48. The van der Waals surface area contributed by atoms with Crippen molar-refractivity contribution in [3.8, 4) is 6.07 Å². The van der Waals surface area contributed by atoms with Crippen molar-refractivity contribution in [3.05, 3.63) is 59.4 Å². The molecule has 0 spiro atoms. The monoisotopic (exact) mass is 267 g/mol. The smallest absolute Gasteiger partial charge is 0.148 e. The number of nitrogens with zero attached hydrogens (tertiary/aromatic N) is 2. The quantitative estimate of drug-likeness (QED) is 0.863. The fourth-order valence-electron chi connectivity index (χ4n) is 2.50. The number of hydrogen-bond donors (Lipinski definition) is 1. The summed E-state index contributed by atoms with van der Waals surface area (Å²) in [5, 5.41) is 12.2. The van der Waals surface area contributed by atoms with Crippen molar-refractivity contribution < 1.29 is 4.39 Å². The Balaban J connectivity index is 2.08. The average Bonchev–Trinajstić information content (AvgIpc) is 2.69. The van der Waals surface area contributed by atoms with Crippen LogP contribution in [0.1, 0.15) is 11.1 Å². The van der Waals surface area contributed by atoms with Crippen LogP contribution in [0.25, 0.3) is 0 Å². The topological polar surface area (TPSA) is 39.1 Å². The number of halogens is 1. The van der Waals surface area contributed by atoms with E-state index in [0.29, 0.717) is 17.8 Å². The summed E-state index contributed by atoms with van der Waals surface area (Å²) in [5.74, 6) is -0.360. The van der Waals surface area contributed by atoms with E-state index in [4.69, 9.17) is 5.26 Å². The van der Waals surface area contributed by atoms with Crippen molar-refractivity contribution in [3.63, 3.8) is 0 Å². The molecule has 2 aromatic rings. The Labute approximate surface area is 117 Å². The Morgan fingerprint density at radius 2 is 2.00 bits per heavy atom. The predicted octanol–water partition coefficient (Wildman–Crippen LogP) is 2.94. The number of anilines is 2. The van der Waals surface area contributed by atoms with E-state index >= 15 is 0 Å². The molecule has 0 radical (unpaired) electrons. The molecule has 0 amide bonds. The molecule has 0 atom stereocenters. The number of fused-ring (bicyclic) bond motifs is 1. The van der Waals surface area contributed by atoms with Crippen molar-refractivity contribution in [2.24, 2.45) is 0 Å². The van der Waals surface area contributed by atoms with Gasteiger partial charge in [0.2, 0.25) is 0 Å². The molecule has 0 bridgehead atoms. The molecule has 20 heavy (non-hydrogen) atoms. The van der Waals surface area contributed by atoms with Gasteiger partial charge in [0.15, 0.2) is 0 Å². The minimum Gasteiger partial charge on any atom is -0.338 e. The molecule has 0 fully saturated rings. The number of hydrogen-bond acceptors (Lipinski definition) is 3. The predicted molar refractivity (Wildman–Crippen MR) is 76.3 cm³/mol. The lowest BCUT2D eigenvalue weighted by Gasteiger charge is -2.25. The lowest BCUT2D eigenvalue weighted by Crippen LogP contribution is -2.25. The molecule has 0 saturated heterocycles. The van der Waals surface area contributed by atoms with Crippen LogP contribution in [0.5, 0.6) is 0 Å². The summed E-state index contributed by atoms with van der Waals surface area (Å²) in [6, 6.07) is 14.6. The Kier molecular flexibility index (Phi) is 3.36. The summed E-state index contributed by atoms with van der Waals surface area (Å²) in [4.78, 5) is 1.96. The molecule has 0 aromatic heterocycles. The van der Waals surface area contributed by atoms with E-state index < -0.39 is 0 Å². The van der Waals surface area contributed by atoms with E-state index in [1.165, 1.54) is 6.07 Å². The van der Waals surface area contributed by atoms with E-state index in [-0.39, 0.29) is 5.82 Å². The van der Waals surface area contributed by atoms with Gasteiger partial charge in [0.1, 0.15) is 5.82 Å². The fourth-order valence-corrected chi connectivity index (χ4v) is 2.50. The molecule has 3 rings (SSSR count). The van der Waals surface area contributed by atoms with E-state index in [9.17, 15) is 4.39 Å². The van der Waals surface area contributed by atoms with E-state index in [0.717, 1.165) is 24.3 Å². The summed E-state index contributed by atoms with van der Waals surface area (Å²) < 4.78 is 14.2. The first kappa shape index (κ1) is 12.6. The van der Waals surface area contributed by atoms with Gasteiger partial charge in [-0.15, -0.1) is 0 Å². The van der Waals surface area contributed by atoms with Gasteiger partial charge in [-0.1, -0.05) is 18.2 Å². The minimum absolute atomic E-state index is 0.340. The number of rotatable bonds is 1. The van der Waals surface area contributed by atoms with Crippen molar-refractivity contribution in [1.29, 1.82) is 5.26 Å². The number of nitriles is 1. The number of benzene rings is 2. The van der Waals surface area contributed by atoms with Gasteiger partial charge in [-0.05, 0) is 29.8 Å². The highest BCUT2D eigenvalue weighted by Gasteiger charge is 2.18. The second-order valence-corrected chi connectivity index (χ2v) is 4.74. The highest BCUT2D eigenvalue weighted by Crippen LogP contribution is 2.31. The summed E-state index contributed by atoms with van der Waals surface area (Å²) >= 11 is 0. The largest absolute Gasteiger partial charge is 0.338 e. The Bertz CT molecular complexity index is 676. The molecule has 1 aliphatic rings. The molecule has 0 saturated carbocycles. The molecule has 1 heterocycles. The van der Waals surface area contributed by atoms with Crippen LogP contribution in [-0.4, -0.2) is 13.1 Å². The Morgan fingerprint density at radius 3 is 2.80 bits per heavy atom. The third-order valence-electron chi connectivity index (χ3n) is 3.48. The van der Waals surface area contributed by atoms with Crippen molar-refractivity contribution in [2.75, 3.05) is 18.0 Å². The first-order chi connectivity index (χ1) is 9.79. The van der Waals surface area contributed by atoms with Crippen LogP contribution in [0.4, 0.5) is 15.8 Å². The maximum absolute atomic E-state index is 14.2. The first-order valence-corrected chi connectivity index (χ1v) is 6.55. The van der Waals surface area contributed by atoms with Crippen LogP contribution in [0.3, 0.4) is 0 Å². The molecular weight excluding hydrogens is 253 g/mol. The van der Waals surface area contributed by atoms with E-state index in [1.54, 1.807) is 12.1 Å².